The molecule has 0 fully saturated rings. The molecule has 8 rings (SSSR count). The van der Waals surface area contributed by atoms with E-state index in [-0.39, 0.29) is 18.0 Å². The lowest BCUT2D eigenvalue weighted by atomic mass is 10.0. The van der Waals surface area contributed by atoms with Crippen LogP contribution >= 0.6 is 0 Å². The van der Waals surface area contributed by atoms with Gasteiger partial charge in [-0.15, -0.1) is 0 Å². The van der Waals surface area contributed by atoms with Gasteiger partial charge in [-0.3, -0.25) is 9.59 Å². The molecule has 0 N–H and O–H groups in total. The first-order valence-electron chi connectivity index (χ1n) is 20.2. The van der Waals surface area contributed by atoms with Crippen molar-refractivity contribution in [3.05, 3.63) is 204 Å². The molecule has 8 aromatic rings. The second-order valence-electron chi connectivity index (χ2n) is 15.1. The summed E-state index contributed by atoms with van der Waals surface area (Å²) in [6.45, 7) is 0.217. The van der Waals surface area contributed by atoms with Crippen molar-refractivity contribution < 1.29 is 18.0 Å². The van der Waals surface area contributed by atoms with Crippen LogP contribution in [0, 0.1) is 0 Å². The number of carbonyl (C=O) groups is 2. The van der Waals surface area contributed by atoms with Gasteiger partial charge in [-0.2, -0.15) is 24.8 Å². The Morgan fingerprint density at radius 2 is 0.778 bits per heavy atom. The molecule has 310 valence electrons. The smallest absolute Gasteiger partial charge is 0.244 e. The van der Waals surface area contributed by atoms with Crippen molar-refractivity contribution in [2.24, 2.45) is 20.5 Å². The standard InChI is InChI=1S/C52H42N6O4S/c1-57(2)51-7-3-6-50-49(51)5-4-8-52(50)63(61,62)58(33-37-13-25-45(26-14-37)53-55-47-29-21-43(22-30-47)41-17-9-39(35-59)10-18-41)34-38-15-27-46(28-16-38)54-56-48-31-23-44(24-32-48)42-19-11-40(36-60)12-20-42/h3-32,35-36H,33-34H2,1-2H3. The van der Waals surface area contributed by atoms with Gasteiger partial charge >= 0.3 is 0 Å². The van der Waals surface area contributed by atoms with Gasteiger partial charge in [-0.1, -0.05) is 121 Å². The summed E-state index contributed by atoms with van der Waals surface area (Å²) in [4.78, 5) is 24.2. The van der Waals surface area contributed by atoms with Crippen LogP contribution < -0.4 is 4.90 Å². The van der Waals surface area contributed by atoms with E-state index in [0.29, 0.717) is 39.3 Å². The van der Waals surface area contributed by atoms with Crippen molar-refractivity contribution in [1.82, 2.24) is 4.31 Å². The highest BCUT2D eigenvalue weighted by Gasteiger charge is 2.27. The second kappa shape index (κ2) is 18.9. The molecular weight excluding hydrogens is 805 g/mol. The molecule has 8 aromatic carbocycles. The van der Waals surface area contributed by atoms with Gasteiger partial charge in [0.05, 0.1) is 27.6 Å². The fraction of sp³-hybridized carbons (Fsp3) is 0.0769. The summed E-state index contributed by atoms with van der Waals surface area (Å²) in [7, 11) is -0.151. The number of benzene rings is 8. The minimum absolute atomic E-state index is 0.109. The third-order valence-electron chi connectivity index (χ3n) is 10.6. The van der Waals surface area contributed by atoms with Gasteiger partial charge in [-0.05, 0) is 94.0 Å². The van der Waals surface area contributed by atoms with Crippen molar-refractivity contribution >= 4 is 61.8 Å². The number of nitrogens with zero attached hydrogens (tertiary/aromatic N) is 6. The Balaban J connectivity index is 1.01. The van der Waals surface area contributed by atoms with Crippen LogP contribution in [0.2, 0.25) is 0 Å². The molecule has 0 saturated heterocycles. The summed E-state index contributed by atoms with van der Waals surface area (Å²) in [6.07, 6.45) is 1.65. The maximum atomic E-state index is 14.8. The van der Waals surface area contributed by atoms with E-state index in [1.165, 1.54) is 4.31 Å². The highest BCUT2D eigenvalue weighted by Crippen LogP contribution is 2.34. The quantitative estimate of drug-likeness (QED) is 0.0750. The average molecular weight is 847 g/mol. The molecule has 0 unspecified atom stereocenters. The van der Waals surface area contributed by atoms with Crippen LogP contribution in [0.25, 0.3) is 33.0 Å². The number of sulfonamides is 1. The lowest BCUT2D eigenvalue weighted by Gasteiger charge is -2.24. The zero-order valence-corrected chi connectivity index (χ0v) is 35.4. The van der Waals surface area contributed by atoms with Gasteiger partial charge in [0.1, 0.15) is 12.6 Å². The lowest BCUT2D eigenvalue weighted by molar-refractivity contribution is 0.111. The fourth-order valence-electron chi connectivity index (χ4n) is 7.17. The van der Waals surface area contributed by atoms with Gasteiger partial charge in [0.15, 0.2) is 0 Å². The number of anilines is 1. The molecule has 0 aliphatic heterocycles. The Hall–Kier alpha value is -7.73. The van der Waals surface area contributed by atoms with Gasteiger partial charge in [0.25, 0.3) is 0 Å². The Morgan fingerprint density at radius 1 is 0.429 bits per heavy atom. The normalized spacial score (nSPS) is 11.7. The van der Waals surface area contributed by atoms with E-state index in [1.807, 2.05) is 165 Å². The predicted molar refractivity (Wildman–Crippen MR) is 250 cm³/mol. The Morgan fingerprint density at radius 3 is 1.16 bits per heavy atom. The van der Waals surface area contributed by atoms with Gasteiger partial charge < -0.3 is 4.90 Å². The van der Waals surface area contributed by atoms with Crippen LogP contribution in [0.3, 0.4) is 0 Å². The molecule has 0 spiro atoms. The highest BCUT2D eigenvalue weighted by atomic mass is 32.2. The van der Waals surface area contributed by atoms with Crippen LogP contribution in [0.1, 0.15) is 31.8 Å². The van der Waals surface area contributed by atoms with Crippen molar-refractivity contribution in [1.29, 1.82) is 0 Å². The molecule has 0 saturated carbocycles. The first-order chi connectivity index (χ1) is 30.7. The lowest BCUT2D eigenvalue weighted by Crippen LogP contribution is -2.30. The average Bonchev–Trinajstić information content (AvgIpc) is 3.33. The summed E-state index contributed by atoms with van der Waals surface area (Å²) in [5, 5.41) is 19.2. The molecule has 0 atom stereocenters. The number of azo groups is 2. The molecular formula is C52H42N6O4S. The van der Waals surface area contributed by atoms with E-state index in [0.717, 1.165) is 57.0 Å². The summed E-state index contributed by atoms with van der Waals surface area (Å²) in [6, 6.07) is 56.0. The summed E-state index contributed by atoms with van der Waals surface area (Å²) in [5.41, 5.74) is 10.3. The zero-order chi connectivity index (χ0) is 43.8. The van der Waals surface area contributed by atoms with Crippen LogP contribution in [0.15, 0.2) is 207 Å². The molecule has 0 aliphatic carbocycles. The Bertz CT molecular complexity index is 2890. The second-order valence-corrected chi connectivity index (χ2v) is 17.0. The van der Waals surface area contributed by atoms with E-state index in [2.05, 4.69) is 20.5 Å². The van der Waals surface area contributed by atoms with Crippen LogP contribution in [-0.4, -0.2) is 39.4 Å². The number of fused-ring (bicyclic) bond motifs is 1. The first-order valence-corrected chi connectivity index (χ1v) is 21.6. The largest absolute Gasteiger partial charge is 0.377 e. The van der Waals surface area contributed by atoms with E-state index in [4.69, 9.17) is 0 Å². The number of aldehydes is 2. The Labute approximate surface area is 366 Å². The van der Waals surface area contributed by atoms with Gasteiger partial charge in [0.2, 0.25) is 10.0 Å². The fourth-order valence-corrected chi connectivity index (χ4v) is 8.79. The summed E-state index contributed by atoms with van der Waals surface area (Å²) < 4.78 is 31.1. The topological polar surface area (TPSA) is 124 Å². The molecule has 0 aromatic heterocycles. The van der Waals surface area contributed by atoms with E-state index in [1.54, 1.807) is 36.4 Å². The van der Waals surface area contributed by atoms with E-state index in [9.17, 15) is 18.0 Å². The molecule has 63 heavy (non-hydrogen) atoms. The summed E-state index contributed by atoms with van der Waals surface area (Å²) >= 11 is 0. The van der Waals surface area contributed by atoms with E-state index < -0.39 is 10.0 Å². The zero-order valence-electron chi connectivity index (χ0n) is 34.6. The number of rotatable bonds is 15. The number of hydrogen-bond donors (Lipinski definition) is 0. The van der Waals surface area contributed by atoms with Gasteiger partial charge in [-0.25, -0.2) is 8.42 Å². The summed E-state index contributed by atoms with van der Waals surface area (Å²) in [5.74, 6) is 0. The minimum Gasteiger partial charge on any atom is -0.377 e. The van der Waals surface area contributed by atoms with Crippen LogP contribution in [0.4, 0.5) is 28.4 Å². The molecule has 0 bridgehead atoms. The maximum absolute atomic E-state index is 14.8. The van der Waals surface area contributed by atoms with Gasteiger partial charge in [0, 0.05) is 54.8 Å². The molecule has 0 radical (unpaired) electrons. The third kappa shape index (κ3) is 9.92. The van der Waals surface area contributed by atoms with Crippen LogP contribution in [0.5, 0.6) is 0 Å². The highest BCUT2D eigenvalue weighted by molar-refractivity contribution is 7.89. The minimum atomic E-state index is -4.03. The monoisotopic (exact) mass is 846 g/mol. The molecule has 10 nitrogen and oxygen atoms in total. The molecule has 0 heterocycles. The number of carbonyl (C=O) groups excluding carboxylic acids is 2. The predicted octanol–water partition coefficient (Wildman–Crippen LogP) is 13.1. The number of hydrogen-bond acceptors (Lipinski definition) is 9. The molecule has 0 amide bonds. The van der Waals surface area contributed by atoms with Crippen molar-refractivity contribution in [2.75, 3.05) is 19.0 Å². The molecule has 0 aliphatic rings. The third-order valence-corrected chi connectivity index (χ3v) is 12.5. The molecule has 11 heteroatoms. The Kier molecular flexibility index (Phi) is 12.6. The van der Waals surface area contributed by atoms with Crippen molar-refractivity contribution in [3.63, 3.8) is 0 Å². The van der Waals surface area contributed by atoms with Crippen molar-refractivity contribution in [3.8, 4) is 22.3 Å². The first kappa shape index (κ1) is 42.0. The van der Waals surface area contributed by atoms with E-state index >= 15 is 0 Å². The van der Waals surface area contributed by atoms with Crippen LogP contribution in [-0.2, 0) is 23.1 Å². The maximum Gasteiger partial charge on any atom is 0.244 e. The van der Waals surface area contributed by atoms with Crippen molar-refractivity contribution in [2.45, 2.75) is 18.0 Å². The SMILES string of the molecule is CN(C)c1cccc2c(S(=O)(=O)N(Cc3ccc(N=Nc4ccc(-c5ccc(C=O)cc5)cc4)cc3)Cc3ccc(N=Nc4ccc(-c5ccc(C=O)cc5)cc4)cc3)cccc12.